The Hall–Kier alpha value is -0.850. The summed E-state index contributed by atoms with van der Waals surface area (Å²) in [6, 6.07) is 0. The molecule has 0 aromatic rings. The molecule has 0 heterocycles. The fourth-order valence-corrected chi connectivity index (χ4v) is 2.01. The van der Waals surface area contributed by atoms with E-state index >= 15 is 0 Å². The first kappa shape index (κ1) is 7.78. The molecule has 2 aliphatic carbocycles. The van der Waals surface area contributed by atoms with Gasteiger partial charge in [-0.15, -0.1) is 0 Å². The van der Waals surface area contributed by atoms with Crippen molar-refractivity contribution in [2.24, 2.45) is 0 Å². The van der Waals surface area contributed by atoms with Crippen molar-refractivity contribution in [3.05, 3.63) is 23.3 Å². The monoisotopic (exact) mass is 162 g/mol. The van der Waals surface area contributed by atoms with E-state index in [2.05, 4.69) is 6.08 Å². The fourth-order valence-electron chi connectivity index (χ4n) is 2.01. The van der Waals surface area contributed by atoms with E-state index in [1.165, 1.54) is 24.0 Å². The molecule has 0 fully saturated rings. The van der Waals surface area contributed by atoms with E-state index in [1.54, 1.807) is 0 Å². The van der Waals surface area contributed by atoms with Gasteiger partial charge in [0.25, 0.3) is 0 Å². The lowest BCUT2D eigenvalue weighted by atomic mass is 9.92. The van der Waals surface area contributed by atoms with Gasteiger partial charge in [-0.3, -0.25) is 4.79 Å². The number of carbonyl (C=O) groups is 1. The van der Waals surface area contributed by atoms with Crippen LogP contribution in [0, 0.1) is 0 Å². The van der Waals surface area contributed by atoms with Crippen LogP contribution < -0.4 is 0 Å². The average molecular weight is 162 g/mol. The zero-order valence-corrected chi connectivity index (χ0v) is 7.31. The molecule has 0 unspecified atom stereocenters. The second kappa shape index (κ2) is 3.26. The van der Waals surface area contributed by atoms with Crippen molar-refractivity contribution in [3.63, 3.8) is 0 Å². The summed E-state index contributed by atoms with van der Waals surface area (Å²) in [6.45, 7) is 0. The summed E-state index contributed by atoms with van der Waals surface area (Å²) >= 11 is 0. The average Bonchev–Trinajstić information content (AvgIpc) is 2.25. The third kappa shape index (κ3) is 1.50. The Morgan fingerprint density at radius 1 is 1.00 bits per heavy atom. The molecule has 0 amide bonds. The Kier molecular flexibility index (Phi) is 2.11. The number of fused-ring (bicyclic) bond motifs is 1. The van der Waals surface area contributed by atoms with E-state index in [9.17, 15) is 4.79 Å². The van der Waals surface area contributed by atoms with Gasteiger partial charge >= 0.3 is 0 Å². The Morgan fingerprint density at radius 2 is 1.83 bits per heavy atom. The molecule has 64 valence electrons. The minimum atomic E-state index is 0.329. The van der Waals surface area contributed by atoms with Gasteiger partial charge in [0.15, 0.2) is 5.78 Å². The molecule has 0 aliphatic heterocycles. The summed E-state index contributed by atoms with van der Waals surface area (Å²) in [6.07, 6.45) is 10.7. The third-order valence-electron chi connectivity index (χ3n) is 2.66. The standard InChI is InChI=1S/C11H14O/c12-11-7-3-6-9-4-1-2-5-10(9)8-11/h4,8H,1-3,5-7H2. The smallest absolute Gasteiger partial charge is 0.155 e. The van der Waals surface area contributed by atoms with Crippen LogP contribution in [-0.4, -0.2) is 5.78 Å². The molecule has 1 heteroatoms. The predicted octanol–water partition coefficient (Wildman–Crippen LogP) is 2.78. The molecule has 0 N–H and O–H groups in total. The first-order chi connectivity index (χ1) is 5.86. The SMILES string of the molecule is O=C1C=C2CCCC=C2CCC1. The zero-order valence-electron chi connectivity index (χ0n) is 7.31. The lowest BCUT2D eigenvalue weighted by Crippen LogP contribution is -1.96. The van der Waals surface area contributed by atoms with E-state index in [4.69, 9.17) is 0 Å². The van der Waals surface area contributed by atoms with Crippen molar-refractivity contribution < 1.29 is 4.79 Å². The van der Waals surface area contributed by atoms with Crippen LogP contribution in [0.1, 0.15) is 38.5 Å². The number of ketones is 1. The Bertz CT molecular complexity index is 258. The fraction of sp³-hybridized carbons (Fsp3) is 0.545. The zero-order chi connectivity index (χ0) is 8.39. The minimum absolute atomic E-state index is 0.329. The molecule has 2 aliphatic rings. The molecule has 0 atom stereocenters. The summed E-state index contributed by atoms with van der Waals surface area (Å²) in [5.74, 6) is 0.329. The molecular weight excluding hydrogens is 148 g/mol. The van der Waals surface area contributed by atoms with E-state index in [0.29, 0.717) is 5.78 Å². The molecule has 0 bridgehead atoms. The molecule has 12 heavy (non-hydrogen) atoms. The van der Waals surface area contributed by atoms with Crippen LogP contribution in [0.2, 0.25) is 0 Å². The summed E-state index contributed by atoms with van der Waals surface area (Å²) in [7, 11) is 0. The van der Waals surface area contributed by atoms with Gasteiger partial charge in [-0.25, -0.2) is 0 Å². The molecule has 0 spiro atoms. The van der Waals surface area contributed by atoms with Crippen LogP contribution in [0.15, 0.2) is 23.3 Å². The molecule has 0 aromatic heterocycles. The number of carbonyl (C=O) groups excluding carboxylic acids is 1. The van der Waals surface area contributed by atoms with E-state index < -0.39 is 0 Å². The normalized spacial score (nSPS) is 23.8. The lowest BCUT2D eigenvalue weighted by Gasteiger charge is -2.14. The summed E-state index contributed by atoms with van der Waals surface area (Å²) in [5.41, 5.74) is 2.77. The maximum atomic E-state index is 11.2. The second-order valence-corrected chi connectivity index (χ2v) is 3.61. The van der Waals surface area contributed by atoms with Crippen molar-refractivity contribution in [3.8, 4) is 0 Å². The topological polar surface area (TPSA) is 17.1 Å². The second-order valence-electron chi connectivity index (χ2n) is 3.61. The minimum Gasteiger partial charge on any atom is -0.295 e. The maximum absolute atomic E-state index is 11.2. The molecule has 1 nitrogen and oxygen atoms in total. The number of hydrogen-bond acceptors (Lipinski definition) is 1. The quantitative estimate of drug-likeness (QED) is 0.535. The molecular formula is C11H14O. The highest BCUT2D eigenvalue weighted by Gasteiger charge is 2.14. The predicted molar refractivity (Wildman–Crippen MR) is 48.9 cm³/mol. The van der Waals surface area contributed by atoms with Crippen LogP contribution in [0.5, 0.6) is 0 Å². The van der Waals surface area contributed by atoms with Crippen molar-refractivity contribution >= 4 is 5.78 Å². The van der Waals surface area contributed by atoms with Gasteiger partial charge in [0.2, 0.25) is 0 Å². The summed E-state index contributed by atoms with van der Waals surface area (Å²) in [4.78, 5) is 11.2. The van der Waals surface area contributed by atoms with E-state index in [0.717, 1.165) is 25.7 Å². The van der Waals surface area contributed by atoms with Gasteiger partial charge in [-0.05, 0) is 49.3 Å². The van der Waals surface area contributed by atoms with Gasteiger partial charge in [0, 0.05) is 6.42 Å². The summed E-state index contributed by atoms with van der Waals surface area (Å²) in [5, 5.41) is 0. The molecule has 0 saturated carbocycles. The first-order valence-corrected chi connectivity index (χ1v) is 4.79. The Labute approximate surface area is 73.2 Å². The number of allylic oxidation sites excluding steroid dienone is 4. The largest absolute Gasteiger partial charge is 0.295 e. The van der Waals surface area contributed by atoms with Crippen molar-refractivity contribution in [1.82, 2.24) is 0 Å². The van der Waals surface area contributed by atoms with Crippen LogP contribution >= 0.6 is 0 Å². The molecule has 0 radical (unpaired) electrons. The van der Waals surface area contributed by atoms with Crippen molar-refractivity contribution in [2.75, 3.05) is 0 Å². The van der Waals surface area contributed by atoms with Gasteiger partial charge in [0.1, 0.15) is 0 Å². The van der Waals surface area contributed by atoms with Crippen LogP contribution in [-0.2, 0) is 4.79 Å². The Morgan fingerprint density at radius 3 is 2.75 bits per heavy atom. The molecule has 0 aromatic carbocycles. The first-order valence-electron chi connectivity index (χ1n) is 4.79. The maximum Gasteiger partial charge on any atom is 0.155 e. The van der Waals surface area contributed by atoms with Crippen LogP contribution in [0.4, 0.5) is 0 Å². The van der Waals surface area contributed by atoms with E-state index in [1.807, 2.05) is 6.08 Å². The van der Waals surface area contributed by atoms with Crippen molar-refractivity contribution in [2.45, 2.75) is 38.5 Å². The van der Waals surface area contributed by atoms with Crippen molar-refractivity contribution in [1.29, 1.82) is 0 Å². The highest BCUT2D eigenvalue weighted by Crippen LogP contribution is 2.30. The van der Waals surface area contributed by atoms with E-state index in [-0.39, 0.29) is 0 Å². The third-order valence-corrected chi connectivity index (χ3v) is 2.66. The van der Waals surface area contributed by atoms with Gasteiger partial charge in [-0.1, -0.05) is 6.08 Å². The van der Waals surface area contributed by atoms with Gasteiger partial charge < -0.3 is 0 Å². The number of hydrogen-bond donors (Lipinski definition) is 0. The van der Waals surface area contributed by atoms with Gasteiger partial charge in [0.05, 0.1) is 0 Å². The highest BCUT2D eigenvalue weighted by atomic mass is 16.1. The van der Waals surface area contributed by atoms with Gasteiger partial charge in [-0.2, -0.15) is 0 Å². The molecule has 0 saturated heterocycles. The lowest BCUT2D eigenvalue weighted by molar-refractivity contribution is -0.114. The number of rotatable bonds is 0. The highest BCUT2D eigenvalue weighted by molar-refractivity contribution is 5.91. The Balaban J connectivity index is 2.29. The van der Waals surface area contributed by atoms with Crippen LogP contribution in [0.25, 0.3) is 0 Å². The summed E-state index contributed by atoms with van der Waals surface area (Å²) < 4.78 is 0. The molecule has 2 rings (SSSR count). The van der Waals surface area contributed by atoms with Crippen LogP contribution in [0.3, 0.4) is 0 Å².